The number of fused-ring (bicyclic) bond motifs is 1. The lowest BCUT2D eigenvalue weighted by Gasteiger charge is -1.99. The minimum Gasteiger partial charge on any atom is -0.323 e. The average molecular weight is 164 g/mol. The van der Waals surface area contributed by atoms with Gasteiger partial charge in [0.2, 0.25) is 0 Å². The van der Waals surface area contributed by atoms with Gasteiger partial charge in [-0.1, -0.05) is 12.1 Å². The number of hydrazone groups is 1. The van der Waals surface area contributed by atoms with Crippen molar-refractivity contribution in [2.24, 2.45) is 10.9 Å². The van der Waals surface area contributed by atoms with Crippen molar-refractivity contribution in [1.29, 1.82) is 0 Å². The lowest BCUT2D eigenvalue weighted by molar-refractivity contribution is 0.624. The number of halogens is 1. The highest BCUT2D eigenvalue weighted by molar-refractivity contribution is 6.04. The molecule has 1 aliphatic rings. The average Bonchev–Trinajstić information content (AvgIpc) is 2.49. The fourth-order valence-corrected chi connectivity index (χ4v) is 1.61. The monoisotopic (exact) mass is 164 g/mol. The summed E-state index contributed by atoms with van der Waals surface area (Å²) in [4.78, 5) is 0. The van der Waals surface area contributed by atoms with E-state index in [2.05, 4.69) is 5.10 Å². The van der Waals surface area contributed by atoms with E-state index >= 15 is 0 Å². The van der Waals surface area contributed by atoms with Gasteiger partial charge in [0.1, 0.15) is 5.82 Å². The first-order valence-corrected chi connectivity index (χ1v) is 3.87. The Labute approximate surface area is 69.9 Å². The van der Waals surface area contributed by atoms with Crippen molar-refractivity contribution < 1.29 is 4.39 Å². The number of hydrogen-bond acceptors (Lipinski definition) is 2. The van der Waals surface area contributed by atoms with E-state index in [-0.39, 0.29) is 5.82 Å². The Kier molecular flexibility index (Phi) is 1.57. The number of nitrogens with two attached hydrogens (primary N) is 1. The molecule has 1 aliphatic carbocycles. The van der Waals surface area contributed by atoms with Crippen molar-refractivity contribution >= 4 is 5.71 Å². The molecule has 0 saturated carbocycles. The van der Waals surface area contributed by atoms with Gasteiger partial charge in [0.25, 0.3) is 0 Å². The van der Waals surface area contributed by atoms with E-state index < -0.39 is 0 Å². The van der Waals surface area contributed by atoms with Crippen molar-refractivity contribution in [3.8, 4) is 0 Å². The first-order valence-electron chi connectivity index (χ1n) is 3.87. The lowest BCUT2D eigenvalue weighted by atomic mass is 10.1. The molecule has 0 fully saturated rings. The Morgan fingerprint density at radius 2 is 2.17 bits per heavy atom. The third-order valence-corrected chi connectivity index (χ3v) is 2.18. The predicted octanol–water partition coefficient (Wildman–Crippen LogP) is 1.43. The quantitative estimate of drug-likeness (QED) is 0.457. The maximum Gasteiger partial charge on any atom is 0.132 e. The second kappa shape index (κ2) is 2.59. The molecule has 2 rings (SSSR count). The Balaban J connectivity index is 2.63. The maximum atomic E-state index is 13.2. The van der Waals surface area contributed by atoms with Crippen LogP contribution in [0, 0.1) is 5.82 Å². The molecule has 0 unspecified atom stereocenters. The van der Waals surface area contributed by atoms with E-state index in [0.717, 1.165) is 18.4 Å². The summed E-state index contributed by atoms with van der Waals surface area (Å²) in [5.74, 6) is 4.93. The molecule has 0 amide bonds. The summed E-state index contributed by atoms with van der Waals surface area (Å²) in [6.45, 7) is 0. The summed E-state index contributed by atoms with van der Waals surface area (Å²) < 4.78 is 13.2. The summed E-state index contributed by atoms with van der Waals surface area (Å²) in [5.41, 5.74) is 2.31. The van der Waals surface area contributed by atoms with Crippen LogP contribution in [0.15, 0.2) is 23.3 Å². The van der Waals surface area contributed by atoms with Crippen molar-refractivity contribution in [3.05, 3.63) is 35.1 Å². The molecule has 0 aromatic heterocycles. The zero-order valence-corrected chi connectivity index (χ0v) is 6.55. The summed E-state index contributed by atoms with van der Waals surface area (Å²) >= 11 is 0. The van der Waals surface area contributed by atoms with Crippen LogP contribution >= 0.6 is 0 Å². The van der Waals surface area contributed by atoms with Crippen molar-refractivity contribution in [1.82, 2.24) is 0 Å². The number of aryl methyl sites for hydroxylation is 1. The summed E-state index contributed by atoms with van der Waals surface area (Å²) in [5, 5.41) is 3.57. The van der Waals surface area contributed by atoms with Crippen LogP contribution in [0.2, 0.25) is 0 Å². The summed E-state index contributed by atoms with van der Waals surface area (Å²) in [6.07, 6.45) is 1.61. The van der Waals surface area contributed by atoms with Gasteiger partial charge in [-0.05, 0) is 24.5 Å². The number of rotatable bonds is 0. The first kappa shape index (κ1) is 7.28. The Morgan fingerprint density at radius 1 is 1.33 bits per heavy atom. The predicted molar refractivity (Wildman–Crippen MR) is 45.4 cm³/mol. The fraction of sp³-hybridized carbons (Fsp3) is 0.222. The highest BCUT2D eigenvalue weighted by Crippen LogP contribution is 2.24. The largest absolute Gasteiger partial charge is 0.323 e. The first-order chi connectivity index (χ1) is 5.83. The van der Waals surface area contributed by atoms with Crippen LogP contribution in [0.3, 0.4) is 0 Å². The Bertz CT molecular complexity index is 344. The van der Waals surface area contributed by atoms with Gasteiger partial charge >= 0.3 is 0 Å². The minimum absolute atomic E-state index is 0.214. The van der Waals surface area contributed by atoms with Gasteiger partial charge in [0.15, 0.2) is 0 Å². The molecule has 62 valence electrons. The molecule has 0 saturated heterocycles. The fourth-order valence-electron chi connectivity index (χ4n) is 1.61. The maximum absolute atomic E-state index is 13.2. The molecular weight excluding hydrogens is 155 g/mol. The van der Waals surface area contributed by atoms with E-state index in [0.29, 0.717) is 11.3 Å². The molecule has 1 aromatic carbocycles. The van der Waals surface area contributed by atoms with Gasteiger partial charge in [-0.3, -0.25) is 0 Å². The van der Waals surface area contributed by atoms with Crippen LogP contribution in [-0.4, -0.2) is 5.71 Å². The zero-order valence-electron chi connectivity index (χ0n) is 6.55. The normalized spacial score (nSPS) is 18.2. The summed E-state index contributed by atoms with van der Waals surface area (Å²) in [6, 6.07) is 5.07. The van der Waals surface area contributed by atoms with Crippen molar-refractivity contribution in [2.75, 3.05) is 0 Å². The molecule has 0 aliphatic heterocycles. The topological polar surface area (TPSA) is 38.4 Å². The number of benzene rings is 1. The van der Waals surface area contributed by atoms with E-state index in [1.165, 1.54) is 6.07 Å². The molecule has 1 aromatic rings. The molecule has 12 heavy (non-hydrogen) atoms. The minimum atomic E-state index is -0.214. The summed E-state index contributed by atoms with van der Waals surface area (Å²) in [7, 11) is 0. The van der Waals surface area contributed by atoms with Gasteiger partial charge in [0, 0.05) is 5.56 Å². The third kappa shape index (κ3) is 0.897. The molecule has 0 heterocycles. The Hall–Kier alpha value is -1.38. The van der Waals surface area contributed by atoms with Crippen molar-refractivity contribution in [3.63, 3.8) is 0 Å². The smallest absolute Gasteiger partial charge is 0.132 e. The van der Waals surface area contributed by atoms with Crippen molar-refractivity contribution in [2.45, 2.75) is 12.8 Å². The third-order valence-electron chi connectivity index (χ3n) is 2.18. The van der Waals surface area contributed by atoms with Crippen LogP contribution in [0.25, 0.3) is 0 Å². The number of hydrogen-bond donors (Lipinski definition) is 1. The highest BCUT2D eigenvalue weighted by Gasteiger charge is 2.20. The van der Waals surface area contributed by atoms with Gasteiger partial charge < -0.3 is 5.84 Å². The SMILES string of the molecule is NN=C1CCc2cccc(F)c21. The number of nitrogens with zero attached hydrogens (tertiary/aromatic N) is 1. The molecule has 0 bridgehead atoms. The van der Waals surface area contributed by atoms with Crippen LogP contribution in [0.4, 0.5) is 4.39 Å². The van der Waals surface area contributed by atoms with Gasteiger partial charge in [-0.25, -0.2) is 4.39 Å². The zero-order chi connectivity index (χ0) is 8.55. The van der Waals surface area contributed by atoms with Gasteiger partial charge in [-0.15, -0.1) is 0 Å². The molecule has 2 nitrogen and oxygen atoms in total. The van der Waals surface area contributed by atoms with E-state index in [4.69, 9.17) is 5.84 Å². The lowest BCUT2D eigenvalue weighted by Crippen LogP contribution is -2.01. The van der Waals surface area contributed by atoms with Gasteiger partial charge in [0.05, 0.1) is 5.71 Å². The molecular formula is C9H9FN2. The van der Waals surface area contributed by atoms with E-state index in [1.807, 2.05) is 6.07 Å². The molecule has 0 spiro atoms. The second-order valence-electron chi connectivity index (χ2n) is 2.85. The molecule has 0 radical (unpaired) electrons. The van der Waals surface area contributed by atoms with Crippen LogP contribution in [-0.2, 0) is 6.42 Å². The second-order valence-corrected chi connectivity index (χ2v) is 2.85. The van der Waals surface area contributed by atoms with Crippen LogP contribution in [0.5, 0.6) is 0 Å². The Morgan fingerprint density at radius 3 is 2.92 bits per heavy atom. The van der Waals surface area contributed by atoms with Gasteiger partial charge in [-0.2, -0.15) is 5.10 Å². The van der Waals surface area contributed by atoms with E-state index in [9.17, 15) is 4.39 Å². The molecule has 3 heteroatoms. The molecule has 2 N–H and O–H groups in total. The molecule has 0 atom stereocenters. The highest BCUT2D eigenvalue weighted by atomic mass is 19.1. The van der Waals surface area contributed by atoms with Crippen LogP contribution in [0.1, 0.15) is 17.5 Å². The van der Waals surface area contributed by atoms with E-state index in [1.54, 1.807) is 6.07 Å². The standard InChI is InChI=1S/C9H9FN2/c10-7-3-1-2-6-4-5-8(12-11)9(6)7/h1-3H,4-5,11H2. The van der Waals surface area contributed by atoms with Crippen LogP contribution < -0.4 is 5.84 Å².